The fourth-order valence-corrected chi connectivity index (χ4v) is 2.49. The number of nitrogens with zero attached hydrogens (tertiary/aromatic N) is 2. The van der Waals surface area contributed by atoms with E-state index in [0.29, 0.717) is 21.2 Å². The third-order valence-corrected chi connectivity index (χ3v) is 3.35. The summed E-state index contributed by atoms with van der Waals surface area (Å²) in [6, 6.07) is 9.66. The lowest BCUT2D eigenvalue weighted by atomic mass is 10.2. The summed E-state index contributed by atoms with van der Waals surface area (Å²) in [6.07, 6.45) is 0. The summed E-state index contributed by atoms with van der Waals surface area (Å²) in [5.41, 5.74) is 7.23. The van der Waals surface area contributed by atoms with Crippen molar-refractivity contribution in [2.24, 2.45) is 0 Å². The van der Waals surface area contributed by atoms with Crippen LogP contribution in [0.25, 0.3) is 16.7 Å². The van der Waals surface area contributed by atoms with Crippen LogP contribution < -0.4 is 5.73 Å². The maximum atomic E-state index is 13.7. The molecule has 3 aromatic rings. The lowest BCUT2D eigenvalue weighted by Gasteiger charge is -2.08. The number of para-hydroxylation sites is 1. The number of imidazole rings is 1. The molecule has 19 heavy (non-hydrogen) atoms. The highest BCUT2D eigenvalue weighted by Gasteiger charge is 2.15. The number of nitrogen functional groups attached to an aromatic ring is 1. The van der Waals surface area contributed by atoms with Crippen LogP contribution in [-0.2, 0) is 0 Å². The first-order valence-electron chi connectivity index (χ1n) is 5.46. The number of nitrogens with two attached hydrogens (primary N) is 1. The van der Waals surface area contributed by atoms with Crippen LogP contribution in [-0.4, -0.2) is 9.55 Å². The normalized spacial score (nSPS) is 11.1. The maximum Gasteiger partial charge on any atom is 0.206 e. The molecule has 0 aliphatic carbocycles. The minimum atomic E-state index is -0.423. The first-order chi connectivity index (χ1) is 9.08. The molecule has 0 atom stereocenters. The van der Waals surface area contributed by atoms with E-state index in [2.05, 4.69) is 4.98 Å². The zero-order valence-corrected chi connectivity index (χ0v) is 11.1. The lowest BCUT2D eigenvalue weighted by Crippen LogP contribution is -2.01. The molecule has 0 radical (unpaired) electrons. The Balaban J connectivity index is 2.36. The molecule has 96 valence electrons. The Bertz CT molecular complexity index is 783. The molecular formula is C13H8Cl2FN3. The van der Waals surface area contributed by atoms with Gasteiger partial charge in [0.25, 0.3) is 0 Å². The zero-order valence-electron chi connectivity index (χ0n) is 9.57. The van der Waals surface area contributed by atoms with E-state index in [0.717, 1.165) is 0 Å². The molecule has 0 saturated heterocycles. The van der Waals surface area contributed by atoms with Gasteiger partial charge in [-0.1, -0.05) is 29.3 Å². The van der Waals surface area contributed by atoms with Crippen LogP contribution in [0.5, 0.6) is 0 Å². The Morgan fingerprint density at radius 2 is 1.95 bits per heavy atom. The molecule has 0 unspecified atom stereocenters. The quantitative estimate of drug-likeness (QED) is 0.736. The van der Waals surface area contributed by atoms with E-state index in [1.807, 2.05) is 0 Å². The molecule has 0 saturated carbocycles. The van der Waals surface area contributed by atoms with Gasteiger partial charge in [0.1, 0.15) is 5.52 Å². The zero-order chi connectivity index (χ0) is 13.6. The minimum Gasteiger partial charge on any atom is -0.369 e. The number of hydrogen-bond acceptors (Lipinski definition) is 2. The van der Waals surface area contributed by atoms with Gasteiger partial charge in [0.15, 0.2) is 5.82 Å². The number of hydrogen-bond donors (Lipinski definition) is 1. The molecule has 1 heterocycles. The third-order valence-electron chi connectivity index (χ3n) is 2.81. The predicted octanol–water partition coefficient (Wildman–Crippen LogP) is 4.05. The summed E-state index contributed by atoms with van der Waals surface area (Å²) in [6.45, 7) is 0. The molecule has 0 bridgehead atoms. The van der Waals surface area contributed by atoms with Crippen molar-refractivity contribution in [1.29, 1.82) is 0 Å². The molecule has 1 aromatic heterocycles. The first kappa shape index (κ1) is 12.3. The average Bonchev–Trinajstić information content (AvgIpc) is 2.68. The predicted molar refractivity (Wildman–Crippen MR) is 75.5 cm³/mol. The smallest absolute Gasteiger partial charge is 0.206 e. The molecule has 0 spiro atoms. The molecule has 3 nitrogen and oxygen atoms in total. The van der Waals surface area contributed by atoms with Gasteiger partial charge < -0.3 is 5.73 Å². The Morgan fingerprint density at radius 1 is 1.16 bits per heavy atom. The number of anilines is 1. The standard InChI is InChI=1S/C13H8Cl2FN3/c14-7-4-5-10(8(15)6-7)19-11-3-1-2-9(16)12(11)18-13(19)17/h1-6H,(H2,17,18). The van der Waals surface area contributed by atoms with Gasteiger partial charge in [-0.2, -0.15) is 0 Å². The number of fused-ring (bicyclic) bond motifs is 1. The first-order valence-corrected chi connectivity index (χ1v) is 6.21. The summed E-state index contributed by atoms with van der Waals surface area (Å²) in [4.78, 5) is 4.03. The highest BCUT2D eigenvalue weighted by Crippen LogP contribution is 2.30. The fourth-order valence-electron chi connectivity index (χ4n) is 2.00. The Labute approximate surface area is 118 Å². The molecule has 3 rings (SSSR count). The van der Waals surface area contributed by atoms with Crippen LogP contribution in [0, 0.1) is 5.82 Å². The van der Waals surface area contributed by atoms with Crippen LogP contribution in [0.4, 0.5) is 10.3 Å². The Morgan fingerprint density at radius 3 is 2.68 bits per heavy atom. The summed E-state index contributed by atoms with van der Waals surface area (Å²) in [5.74, 6) is -0.252. The molecule has 0 amide bonds. The summed E-state index contributed by atoms with van der Waals surface area (Å²) in [7, 11) is 0. The van der Waals surface area contributed by atoms with Crippen molar-refractivity contribution in [2.75, 3.05) is 5.73 Å². The minimum absolute atomic E-state index is 0.171. The SMILES string of the molecule is Nc1nc2c(F)cccc2n1-c1ccc(Cl)cc1Cl. The van der Waals surface area contributed by atoms with E-state index >= 15 is 0 Å². The van der Waals surface area contributed by atoms with Crippen molar-refractivity contribution in [3.8, 4) is 5.69 Å². The summed E-state index contributed by atoms with van der Waals surface area (Å²) in [5, 5.41) is 0.936. The second-order valence-corrected chi connectivity index (χ2v) is 4.85. The van der Waals surface area contributed by atoms with Crippen molar-refractivity contribution in [3.05, 3.63) is 52.3 Å². The van der Waals surface area contributed by atoms with Crippen LogP contribution >= 0.6 is 23.2 Å². The molecule has 2 N–H and O–H groups in total. The van der Waals surface area contributed by atoms with Crippen molar-refractivity contribution in [1.82, 2.24) is 9.55 Å². The van der Waals surface area contributed by atoms with Crippen LogP contribution in [0.15, 0.2) is 36.4 Å². The molecule has 0 aliphatic heterocycles. The van der Waals surface area contributed by atoms with Crippen molar-refractivity contribution >= 4 is 40.2 Å². The summed E-state index contributed by atoms with van der Waals surface area (Å²) >= 11 is 12.0. The number of halogens is 3. The van der Waals surface area contributed by atoms with E-state index < -0.39 is 5.82 Å². The van der Waals surface area contributed by atoms with Crippen molar-refractivity contribution in [3.63, 3.8) is 0 Å². The molecule has 2 aromatic carbocycles. The second-order valence-electron chi connectivity index (χ2n) is 4.01. The summed E-state index contributed by atoms with van der Waals surface area (Å²) < 4.78 is 15.3. The fraction of sp³-hybridized carbons (Fsp3) is 0. The highest BCUT2D eigenvalue weighted by molar-refractivity contribution is 6.35. The largest absolute Gasteiger partial charge is 0.369 e. The number of benzene rings is 2. The van der Waals surface area contributed by atoms with E-state index in [9.17, 15) is 4.39 Å². The van der Waals surface area contributed by atoms with Crippen molar-refractivity contribution < 1.29 is 4.39 Å². The van der Waals surface area contributed by atoms with E-state index in [4.69, 9.17) is 28.9 Å². The van der Waals surface area contributed by atoms with E-state index in [1.165, 1.54) is 6.07 Å². The van der Waals surface area contributed by atoms with Crippen LogP contribution in [0.2, 0.25) is 10.0 Å². The maximum absolute atomic E-state index is 13.7. The van der Waals surface area contributed by atoms with Crippen LogP contribution in [0.3, 0.4) is 0 Å². The third kappa shape index (κ3) is 1.93. The Hall–Kier alpha value is -1.78. The van der Waals surface area contributed by atoms with E-state index in [1.54, 1.807) is 34.9 Å². The van der Waals surface area contributed by atoms with Crippen molar-refractivity contribution in [2.45, 2.75) is 0 Å². The lowest BCUT2D eigenvalue weighted by molar-refractivity contribution is 0.637. The van der Waals surface area contributed by atoms with Gasteiger partial charge in [0.05, 0.1) is 16.2 Å². The molecular weight excluding hydrogens is 288 g/mol. The highest BCUT2D eigenvalue weighted by atomic mass is 35.5. The molecule has 0 aliphatic rings. The van der Waals surface area contributed by atoms with Gasteiger partial charge >= 0.3 is 0 Å². The average molecular weight is 296 g/mol. The Kier molecular flexibility index (Phi) is 2.84. The van der Waals surface area contributed by atoms with Gasteiger partial charge in [-0.05, 0) is 30.3 Å². The molecule has 6 heteroatoms. The second kappa shape index (κ2) is 4.40. The number of aromatic nitrogens is 2. The topological polar surface area (TPSA) is 43.8 Å². The van der Waals surface area contributed by atoms with Gasteiger partial charge in [0.2, 0.25) is 5.95 Å². The van der Waals surface area contributed by atoms with Gasteiger partial charge in [-0.25, -0.2) is 9.37 Å². The van der Waals surface area contributed by atoms with Gasteiger partial charge in [0, 0.05) is 5.02 Å². The monoisotopic (exact) mass is 295 g/mol. The van der Waals surface area contributed by atoms with Crippen LogP contribution in [0.1, 0.15) is 0 Å². The molecule has 0 fully saturated rings. The van der Waals surface area contributed by atoms with Gasteiger partial charge in [-0.3, -0.25) is 4.57 Å². The number of rotatable bonds is 1. The van der Waals surface area contributed by atoms with E-state index in [-0.39, 0.29) is 11.5 Å². The van der Waals surface area contributed by atoms with Gasteiger partial charge in [-0.15, -0.1) is 0 Å².